The van der Waals surface area contributed by atoms with Crippen molar-refractivity contribution in [3.8, 4) is 11.8 Å². The number of nitriles is 1. The van der Waals surface area contributed by atoms with Crippen molar-refractivity contribution >= 4 is 0 Å². The number of allylic oxidation sites excluding steroid dienone is 2. The van der Waals surface area contributed by atoms with E-state index in [4.69, 9.17) is 10.5 Å². The Morgan fingerprint density at radius 3 is 2.72 bits per heavy atom. The summed E-state index contributed by atoms with van der Waals surface area (Å²) in [6, 6.07) is 9.82. The highest BCUT2D eigenvalue weighted by molar-refractivity contribution is 5.51. The summed E-state index contributed by atoms with van der Waals surface area (Å²) in [5.74, 6) is 0.787. The maximum absolute atomic E-state index is 9.31. The fraction of sp³-hybridized carbons (Fsp3) is 0.267. The monoisotopic (exact) mass is 240 g/mol. The molecule has 0 amide bonds. The number of nitrogens with two attached hydrogens (primary N) is 1. The van der Waals surface area contributed by atoms with Crippen LogP contribution in [0.5, 0.6) is 5.75 Å². The van der Waals surface area contributed by atoms with Gasteiger partial charge < -0.3 is 10.5 Å². The molecule has 1 aromatic rings. The van der Waals surface area contributed by atoms with Gasteiger partial charge in [-0.1, -0.05) is 38.1 Å². The minimum Gasteiger partial charge on any atom is -0.440 e. The first kappa shape index (κ1) is 12.3. The van der Waals surface area contributed by atoms with Gasteiger partial charge in [0.1, 0.15) is 11.8 Å². The van der Waals surface area contributed by atoms with Crippen LogP contribution in [-0.2, 0) is 0 Å². The fourth-order valence-corrected chi connectivity index (χ4v) is 2.29. The van der Waals surface area contributed by atoms with Crippen molar-refractivity contribution in [3.63, 3.8) is 0 Å². The molecule has 0 bridgehead atoms. The Balaban J connectivity index is 2.67. The summed E-state index contributed by atoms with van der Waals surface area (Å²) in [5, 5.41) is 9.31. The van der Waals surface area contributed by atoms with Gasteiger partial charge >= 0.3 is 0 Å². The number of para-hydroxylation sites is 1. The van der Waals surface area contributed by atoms with Crippen LogP contribution in [-0.4, -0.2) is 0 Å². The minimum absolute atomic E-state index is 0.120. The molecule has 3 heteroatoms. The van der Waals surface area contributed by atoms with Crippen molar-refractivity contribution < 1.29 is 4.74 Å². The normalized spacial score (nSPS) is 18.6. The third-order valence-electron chi connectivity index (χ3n) is 3.39. The molecule has 92 valence electrons. The van der Waals surface area contributed by atoms with Crippen molar-refractivity contribution in [2.45, 2.75) is 19.8 Å². The van der Waals surface area contributed by atoms with E-state index in [-0.39, 0.29) is 17.2 Å². The molecule has 0 saturated heterocycles. The Bertz CT molecular complexity index is 564. The van der Waals surface area contributed by atoms with Crippen molar-refractivity contribution in [2.24, 2.45) is 11.1 Å². The summed E-state index contributed by atoms with van der Waals surface area (Å²) in [7, 11) is 0. The van der Waals surface area contributed by atoms with Crippen LogP contribution < -0.4 is 10.5 Å². The van der Waals surface area contributed by atoms with Gasteiger partial charge in [-0.05, 0) is 11.5 Å². The summed E-state index contributed by atoms with van der Waals surface area (Å²) >= 11 is 0. The first-order valence-corrected chi connectivity index (χ1v) is 5.81. The number of rotatable bonds is 2. The fourth-order valence-electron chi connectivity index (χ4n) is 2.29. The SMILES string of the molecule is C=CC(C)(C)C1C(C#N)=C(N)Oc2ccccc21. The van der Waals surface area contributed by atoms with E-state index in [0.717, 1.165) is 5.56 Å². The summed E-state index contributed by atoms with van der Waals surface area (Å²) < 4.78 is 5.51. The van der Waals surface area contributed by atoms with Crippen LogP contribution >= 0.6 is 0 Å². The molecular formula is C15H16N2O. The molecule has 1 aromatic carbocycles. The first-order chi connectivity index (χ1) is 8.51. The molecule has 1 heterocycles. The molecule has 3 nitrogen and oxygen atoms in total. The van der Waals surface area contributed by atoms with Gasteiger partial charge in [0.05, 0.1) is 5.57 Å². The zero-order valence-corrected chi connectivity index (χ0v) is 10.6. The van der Waals surface area contributed by atoms with Crippen molar-refractivity contribution in [1.82, 2.24) is 0 Å². The van der Waals surface area contributed by atoms with Gasteiger partial charge in [0.25, 0.3) is 0 Å². The third kappa shape index (κ3) is 1.76. The molecule has 1 aliphatic rings. The summed E-state index contributed by atoms with van der Waals surface area (Å²) in [6.07, 6.45) is 1.85. The summed E-state index contributed by atoms with van der Waals surface area (Å²) in [6.45, 7) is 7.94. The molecule has 18 heavy (non-hydrogen) atoms. The Labute approximate surface area is 107 Å². The van der Waals surface area contributed by atoms with Crippen LogP contribution in [0.3, 0.4) is 0 Å². The maximum atomic E-state index is 9.31. The van der Waals surface area contributed by atoms with E-state index >= 15 is 0 Å². The summed E-state index contributed by atoms with van der Waals surface area (Å²) in [5.41, 5.74) is 7.03. The predicted octanol–water partition coefficient (Wildman–Crippen LogP) is 3.07. The molecule has 2 N–H and O–H groups in total. The van der Waals surface area contributed by atoms with Crippen LogP contribution in [0.15, 0.2) is 48.4 Å². The van der Waals surface area contributed by atoms with E-state index < -0.39 is 0 Å². The highest BCUT2D eigenvalue weighted by Crippen LogP contribution is 2.48. The Morgan fingerprint density at radius 1 is 1.44 bits per heavy atom. The molecule has 1 unspecified atom stereocenters. The number of benzene rings is 1. The Morgan fingerprint density at radius 2 is 2.11 bits per heavy atom. The second-order valence-electron chi connectivity index (χ2n) is 4.99. The van der Waals surface area contributed by atoms with Gasteiger partial charge in [-0.15, -0.1) is 6.58 Å². The summed E-state index contributed by atoms with van der Waals surface area (Å²) in [4.78, 5) is 0. The number of hydrogen-bond donors (Lipinski definition) is 1. The highest BCUT2D eigenvalue weighted by Gasteiger charge is 2.38. The lowest BCUT2D eigenvalue weighted by atomic mass is 9.70. The number of fused-ring (bicyclic) bond motifs is 1. The number of nitrogens with zero attached hydrogens (tertiary/aromatic N) is 1. The van der Waals surface area contributed by atoms with E-state index in [0.29, 0.717) is 11.3 Å². The van der Waals surface area contributed by atoms with E-state index in [9.17, 15) is 5.26 Å². The second kappa shape index (κ2) is 4.23. The van der Waals surface area contributed by atoms with E-state index in [1.807, 2.05) is 44.2 Å². The van der Waals surface area contributed by atoms with Crippen LogP contribution in [0.2, 0.25) is 0 Å². The molecule has 1 aliphatic heterocycles. The van der Waals surface area contributed by atoms with Gasteiger partial charge in [0.15, 0.2) is 0 Å². The average Bonchev–Trinajstić information content (AvgIpc) is 2.37. The van der Waals surface area contributed by atoms with Gasteiger partial charge in [-0.2, -0.15) is 5.26 Å². The zero-order valence-electron chi connectivity index (χ0n) is 10.6. The topological polar surface area (TPSA) is 59.0 Å². The molecule has 1 atom stereocenters. The highest BCUT2D eigenvalue weighted by atomic mass is 16.5. The average molecular weight is 240 g/mol. The first-order valence-electron chi connectivity index (χ1n) is 5.81. The molecule has 0 fully saturated rings. The van der Waals surface area contributed by atoms with Crippen LogP contribution in [0.1, 0.15) is 25.3 Å². The molecule has 0 aliphatic carbocycles. The third-order valence-corrected chi connectivity index (χ3v) is 3.39. The minimum atomic E-state index is -0.268. The van der Waals surface area contributed by atoms with Crippen molar-refractivity contribution in [2.75, 3.05) is 0 Å². The van der Waals surface area contributed by atoms with Crippen LogP contribution in [0, 0.1) is 16.7 Å². The molecule has 0 spiro atoms. The second-order valence-corrected chi connectivity index (χ2v) is 4.99. The maximum Gasteiger partial charge on any atom is 0.205 e. The zero-order chi connectivity index (χ0) is 13.3. The number of ether oxygens (including phenoxy) is 1. The predicted molar refractivity (Wildman–Crippen MR) is 70.6 cm³/mol. The van der Waals surface area contributed by atoms with E-state index in [2.05, 4.69) is 12.6 Å². The Hall–Kier alpha value is -2.21. The molecule has 0 aromatic heterocycles. The quantitative estimate of drug-likeness (QED) is 0.808. The molecule has 2 rings (SSSR count). The van der Waals surface area contributed by atoms with E-state index in [1.165, 1.54) is 0 Å². The smallest absolute Gasteiger partial charge is 0.205 e. The lowest BCUT2D eigenvalue weighted by Crippen LogP contribution is -2.28. The van der Waals surface area contributed by atoms with Crippen LogP contribution in [0.4, 0.5) is 0 Å². The lowest BCUT2D eigenvalue weighted by Gasteiger charge is -2.35. The van der Waals surface area contributed by atoms with E-state index in [1.54, 1.807) is 0 Å². The standard InChI is InChI=1S/C15H16N2O/c1-4-15(2,3)13-10-7-5-6-8-12(10)18-14(17)11(13)9-16/h4-8,13H,1,17H2,2-3H3. The lowest BCUT2D eigenvalue weighted by molar-refractivity contribution is 0.337. The van der Waals surface area contributed by atoms with Crippen LogP contribution in [0.25, 0.3) is 0 Å². The van der Waals surface area contributed by atoms with Gasteiger partial charge in [-0.3, -0.25) is 0 Å². The molecule has 0 saturated carbocycles. The molecule has 0 radical (unpaired) electrons. The Kier molecular flexibility index (Phi) is 2.88. The van der Waals surface area contributed by atoms with Gasteiger partial charge in [-0.25, -0.2) is 0 Å². The van der Waals surface area contributed by atoms with Crippen molar-refractivity contribution in [3.05, 3.63) is 53.9 Å². The molecular weight excluding hydrogens is 224 g/mol. The van der Waals surface area contributed by atoms with Gasteiger partial charge in [0, 0.05) is 11.5 Å². The van der Waals surface area contributed by atoms with Crippen molar-refractivity contribution in [1.29, 1.82) is 5.26 Å². The largest absolute Gasteiger partial charge is 0.440 e. The number of hydrogen-bond acceptors (Lipinski definition) is 3. The van der Waals surface area contributed by atoms with Gasteiger partial charge in [0.2, 0.25) is 5.88 Å².